The molecule has 1 unspecified atom stereocenters. The van der Waals surface area contributed by atoms with E-state index in [1.807, 2.05) is 6.92 Å². The summed E-state index contributed by atoms with van der Waals surface area (Å²) in [5.41, 5.74) is 0. The molecule has 0 aromatic carbocycles. The molecule has 1 atom stereocenters. The topological polar surface area (TPSA) is 67.6 Å². The third-order valence-corrected chi connectivity index (χ3v) is 5.08. The van der Waals surface area contributed by atoms with Gasteiger partial charge < -0.3 is 9.32 Å². The van der Waals surface area contributed by atoms with E-state index in [2.05, 4.69) is 0 Å². The molecule has 0 aliphatic carbocycles. The smallest absolute Gasteiger partial charge is 0.246 e. The van der Waals surface area contributed by atoms with Gasteiger partial charge in [0.15, 0.2) is 9.84 Å². The highest BCUT2D eigenvalue weighted by Gasteiger charge is 2.33. The Balaban J connectivity index is 2.06. The van der Waals surface area contributed by atoms with Crippen molar-refractivity contribution in [2.24, 2.45) is 0 Å². The van der Waals surface area contributed by atoms with Crippen LogP contribution < -0.4 is 0 Å². The minimum atomic E-state index is -2.99. The maximum Gasteiger partial charge on any atom is 0.246 e. The SMILES string of the molecule is CCCN(C(=O)/C=C/c1ccco1)C1CCS(=O)(=O)C1. The van der Waals surface area contributed by atoms with E-state index < -0.39 is 9.84 Å². The van der Waals surface area contributed by atoms with Gasteiger partial charge in [-0.25, -0.2) is 8.42 Å². The van der Waals surface area contributed by atoms with Crippen LogP contribution in [-0.2, 0) is 14.6 Å². The number of rotatable bonds is 5. The largest absolute Gasteiger partial charge is 0.465 e. The van der Waals surface area contributed by atoms with Gasteiger partial charge in [0.25, 0.3) is 0 Å². The van der Waals surface area contributed by atoms with Crippen molar-refractivity contribution < 1.29 is 17.6 Å². The van der Waals surface area contributed by atoms with Crippen LogP contribution in [0.1, 0.15) is 25.5 Å². The Labute approximate surface area is 119 Å². The van der Waals surface area contributed by atoms with Gasteiger partial charge in [-0.3, -0.25) is 4.79 Å². The summed E-state index contributed by atoms with van der Waals surface area (Å²) in [7, 11) is -2.99. The van der Waals surface area contributed by atoms with Crippen molar-refractivity contribution in [3.8, 4) is 0 Å². The molecule has 0 spiro atoms. The van der Waals surface area contributed by atoms with Crippen molar-refractivity contribution in [2.45, 2.75) is 25.8 Å². The van der Waals surface area contributed by atoms with E-state index in [-0.39, 0.29) is 23.5 Å². The molecule has 0 saturated carbocycles. The summed E-state index contributed by atoms with van der Waals surface area (Å²) in [6.45, 7) is 2.54. The summed E-state index contributed by atoms with van der Waals surface area (Å²) in [4.78, 5) is 13.9. The zero-order chi connectivity index (χ0) is 14.6. The van der Waals surface area contributed by atoms with Gasteiger partial charge in [-0.05, 0) is 31.1 Å². The van der Waals surface area contributed by atoms with Gasteiger partial charge in [0.05, 0.1) is 17.8 Å². The molecule has 1 aliphatic heterocycles. The maximum absolute atomic E-state index is 12.2. The second kappa shape index (κ2) is 6.26. The number of carbonyl (C=O) groups is 1. The van der Waals surface area contributed by atoms with Crippen LogP contribution in [0.4, 0.5) is 0 Å². The van der Waals surface area contributed by atoms with Crippen molar-refractivity contribution in [2.75, 3.05) is 18.1 Å². The highest BCUT2D eigenvalue weighted by molar-refractivity contribution is 7.91. The fourth-order valence-corrected chi connectivity index (χ4v) is 4.10. The molecule has 110 valence electrons. The lowest BCUT2D eigenvalue weighted by molar-refractivity contribution is -0.127. The predicted octanol–water partition coefficient (Wildman–Crippen LogP) is 1.72. The van der Waals surface area contributed by atoms with Gasteiger partial charge in [0.2, 0.25) is 5.91 Å². The van der Waals surface area contributed by atoms with Gasteiger partial charge in [-0.1, -0.05) is 6.92 Å². The molecular weight excluding hydrogens is 278 g/mol. The highest BCUT2D eigenvalue weighted by Crippen LogP contribution is 2.18. The predicted molar refractivity (Wildman–Crippen MR) is 76.8 cm³/mol. The summed E-state index contributed by atoms with van der Waals surface area (Å²) >= 11 is 0. The lowest BCUT2D eigenvalue weighted by atomic mass is 10.2. The molecule has 0 radical (unpaired) electrons. The van der Waals surface area contributed by atoms with Gasteiger partial charge in [-0.2, -0.15) is 0 Å². The number of hydrogen-bond acceptors (Lipinski definition) is 4. The summed E-state index contributed by atoms with van der Waals surface area (Å²) in [5.74, 6) is 0.694. The van der Waals surface area contributed by atoms with Crippen LogP contribution in [-0.4, -0.2) is 43.3 Å². The van der Waals surface area contributed by atoms with Crippen molar-refractivity contribution in [1.82, 2.24) is 4.90 Å². The van der Waals surface area contributed by atoms with E-state index in [1.165, 1.54) is 12.3 Å². The minimum Gasteiger partial charge on any atom is -0.465 e. The Morgan fingerprint density at radius 3 is 2.90 bits per heavy atom. The van der Waals surface area contributed by atoms with Crippen LogP contribution >= 0.6 is 0 Å². The fourth-order valence-electron chi connectivity index (χ4n) is 2.37. The normalized spacial score (nSPS) is 21.4. The molecule has 2 rings (SSSR count). The zero-order valence-electron chi connectivity index (χ0n) is 11.5. The first-order chi connectivity index (χ1) is 9.52. The first-order valence-electron chi connectivity index (χ1n) is 6.74. The first-order valence-corrected chi connectivity index (χ1v) is 8.56. The van der Waals surface area contributed by atoms with Gasteiger partial charge >= 0.3 is 0 Å². The van der Waals surface area contributed by atoms with Gasteiger partial charge in [-0.15, -0.1) is 0 Å². The molecule has 1 aromatic rings. The van der Waals surface area contributed by atoms with Crippen molar-refractivity contribution in [3.63, 3.8) is 0 Å². The van der Waals surface area contributed by atoms with Crippen molar-refractivity contribution in [3.05, 3.63) is 30.2 Å². The fraction of sp³-hybridized carbons (Fsp3) is 0.500. The number of sulfone groups is 1. The Bertz CT molecular complexity index is 574. The van der Waals surface area contributed by atoms with E-state index in [4.69, 9.17) is 4.42 Å². The molecule has 5 nitrogen and oxygen atoms in total. The van der Waals surface area contributed by atoms with Gasteiger partial charge in [0.1, 0.15) is 5.76 Å². The number of hydrogen-bond donors (Lipinski definition) is 0. The van der Waals surface area contributed by atoms with Crippen LogP contribution in [0.2, 0.25) is 0 Å². The molecule has 1 fully saturated rings. The molecular formula is C14H19NO4S. The highest BCUT2D eigenvalue weighted by atomic mass is 32.2. The van der Waals surface area contributed by atoms with Crippen LogP contribution in [0.5, 0.6) is 0 Å². The zero-order valence-corrected chi connectivity index (χ0v) is 12.3. The Kier molecular flexibility index (Phi) is 4.65. The van der Waals surface area contributed by atoms with E-state index in [9.17, 15) is 13.2 Å². The Morgan fingerprint density at radius 1 is 1.55 bits per heavy atom. The quantitative estimate of drug-likeness (QED) is 0.776. The van der Waals surface area contributed by atoms with Crippen LogP contribution in [0.25, 0.3) is 6.08 Å². The number of amides is 1. The maximum atomic E-state index is 12.2. The molecule has 0 N–H and O–H groups in total. The molecule has 2 heterocycles. The average Bonchev–Trinajstić information content (AvgIpc) is 3.02. The second-order valence-corrected chi connectivity index (χ2v) is 7.17. The molecule has 20 heavy (non-hydrogen) atoms. The van der Waals surface area contributed by atoms with E-state index >= 15 is 0 Å². The monoisotopic (exact) mass is 297 g/mol. The number of furan rings is 1. The Hall–Kier alpha value is -1.56. The van der Waals surface area contributed by atoms with Gasteiger partial charge in [0, 0.05) is 18.7 Å². The average molecular weight is 297 g/mol. The summed E-state index contributed by atoms with van der Waals surface area (Å²) in [6.07, 6.45) is 5.92. The van der Waals surface area contributed by atoms with Crippen LogP contribution in [0, 0.1) is 0 Å². The standard InChI is InChI=1S/C14H19NO4S/c1-2-8-15(12-7-10-20(17,18)11-12)14(16)6-5-13-4-3-9-19-13/h3-6,9,12H,2,7-8,10-11H2,1H3/b6-5+. The van der Waals surface area contributed by atoms with E-state index in [1.54, 1.807) is 23.1 Å². The number of carbonyl (C=O) groups excluding carboxylic acids is 1. The third-order valence-electron chi connectivity index (χ3n) is 3.33. The molecule has 1 aliphatic rings. The molecule has 1 aromatic heterocycles. The molecule has 1 saturated heterocycles. The molecule has 1 amide bonds. The summed E-state index contributed by atoms with van der Waals surface area (Å²) in [5, 5.41) is 0. The minimum absolute atomic E-state index is 0.0767. The Morgan fingerprint density at radius 2 is 2.35 bits per heavy atom. The summed E-state index contributed by atoms with van der Waals surface area (Å²) in [6, 6.07) is 3.31. The van der Waals surface area contributed by atoms with Crippen LogP contribution in [0.3, 0.4) is 0 Å². The molecule has 0 bridgehead atoms. The second-order valence-electron chi connectivity index (χ2n) is 4.94. The number of nitrogens with zero attached hydrogens (tertiary/aromatic N) is 1. The van der Waals surface area contributed by atoms with Crippen molar-refractivity contribution >= 4 is 21.8 Å². The van der Waals surface area contributed by atoms with Crippen molar-refractivity contribution in [1.29, 1.82) is 0 Å². The van der Waals surface area contributed by atoms with E-state index in [0.717, 1.165) is 6.42 Å². The lowest BCUT2D eigenvalue weighted by Gasteiger charge is -2.26. The first kappa shape index (κ1) is 14.8. The van der Waals surface area contributed by atoms with Crippen LogP contribution in [0.15, 0.2) is 28.9 Å². The summed E-state index contributed by atoms with van der Waals surface area (Å²) < 4.78 is 28.2. The van der Waals surface area contributed by atoms with E-state index in [0.29, 0.717) is 18.7 Å². The lowest BCUT2D eigenvalue weighted by Crippen LogP contribution is -2.40. The molecule has 6 heteroatoms. The third kappa shape index (κ3) is 3.72.